The van der Waals surface area contributed by atoms with Crippen LogP contribution in [-0.4, -0.2) is 8.76 Å². The predicted octanol–water partition coefficient (Wildman–Crippen LogP) is 5.67. The van der Waals surface area contributed by atoms with E-state index in [4.69, 9.17) is 8.74 Å². The van der Waals surface area contributed by atoms with E-state index < -0.39 is 11.4 Å². The number of rotatable bonds is 13. The highest BCUT2D eigenvalue weighted by Crippen LogP contribution is 2.17. The second-order valence-corrected chi connectivity index (χ2v) is 6.48. The molecule has 1 rings (SSSR count). The SMILES string of the molecule is CCCCCCCCCCCCc1cccc(OS(=O)O)c1. The van der Waals surface area contributed by atoms with Gasteiger partial charge >= 0.3 is 11.4 Å². The summed E-state index contributed by atoms with van der Waals surface area (Å²) in [4.78, 5) is 0. The van der Waals surface area contributed by atoms with Crippen LogP contribution in [0.5, 0.6) is 5.75 Å². The molecule has 22 heavy (non-hydrogen) atoms. The van der Waals surface area contributed by atoms with Crippen LogP contribution in [0.2, 0.25) is 0 Å². The molecule has 1 atom stereocenters. The first kappa shape index (κ1) is 19.2. The van der Waals surface area contributed by atoms with Gasteiger partial charge in [-0.25, -0.2) is 0 Å². The number of hydrogen-bond acceptors (Lipinski definition) is 2. The van der Waals surface area contributed by atoms with Crippen LogP contribution < -0.4 is 4.18 Å². The summed E-state index contributed by atoms with van der Waals surface area (Å²) in [7, 11) is 0. The third-order valence-electron chi connectivity index (χ3n) is 3.88. The van der Waals surface area contributed by atoms with Crippen molar-refractivity contribution >= 4 is 11.4 Å². The van der Waals surface area contributed by atoms with E-state index in [1.165, 1.54) is 69.8 Å². The van der Waals surface area contributed by atoms with Crippen LogP contribution in [0.3, 0.4) is 0 Å². The Bertz CT molecular complexity index is 421. The van der Waals surface area contributed by atoms with Gasteiger partial charge in [-0.3, -0.25) is 4.55 Å². The van der Waals surface area contributed by atoms with Crippen molar-refractivity contribution in [3.05, 3.63) is 29.8 Å². The highest BCUT2D eigenvalue weighted by molar-refractivity contribution is 7.74. The highest BCUT2D eigenvalue weighted by Gasteiger charge is 2.00. The molecule has 3 nitrogen and oxygen atoms in total. The van der Waals surface area contributed by atoms with Crippen molar-refractivity contribution in [1.29, 1.82) is 0 Å². The van der Waals surface area contributed by atoms with Crippen LogP contribution in [-0.2, 0) is 17.8 Å². The summed E-state index contributed by atoms with van der Waals surface area (Å²) in [6, 6.07) is 7.47. The molecule has 0 bridgehead atoms. The molecule has 0 aliphatic heterocycles. The van der Waals surface area contributed by atoms with E-state index in [1.807, 2.05) is 18.2 Å². The Labute approximate surface area is 138 Å². The summed E-state index contributed by atoms with van der Waals surface area (Å²) in [5.74, 6) is 0.463. The summed E-state index contributed by atoms with van der Waals surface area (Å²) >= 11 is -2.24. The lowest BCUT2D eigenvalue weighted by Crippen LogP contribution is -1.97. The average molecular weight is 327 g/mol. The molecule has 0 amide bonds. The van der Waals surface area contributed by atoms with E-state index in [2.05, 4.69) is 6.92 Å². The fourth-order valence-corrected chi connectivity index (χ4v) is 2.92. The molecule has 4 heteroatoms. The van der Waals surface area contributed by atoms with Crippen LogP contribution in [0, 0.1) is 0 Å². The van der Waals surface area contributed by atoms with Gasteiger partial charge in [-0.1, -0.05) is 76.8 Å². The van der Waals surface area contributed by atoms with Crippen molar-refractivity contribution in [2.24, 2.45) is 0 Å². The van der Waals surface area contributed by atoms with Gasteiger partial charge in [0.2, 0.25) is 0 Å². The molecule has 1 aromatic rings. The van der Waals surface area contributed by atoms with Crippen molar-refractivity contribution in [3.8, 4) is 5.75 Å². The highest BCUT2D eigenvalue weighted by atomic mass is 32.2. The topological polar surface area (TPSA) is 46.5 Å². The lowest BCUT2D eigenvalue weighted by Gasteiger charge is -2.05. The Hall–Kier alpha value is -0.870. The summed E-state index contributed by atoms with van der Waals surface area (Å²) in [5, 5.41) is 0. The quantitative estimate of drug-likeness (QED) is 0.375. The normalized spacial score (nSPS) is 12.3. The van der Waals surface area contributed by atoms with Crippen LogP contribution in [0.25, 0.3) is 0 Å². The van der Waals surface area contributed by atoms with Crippen LogP contribution in [0.4, 0.5) is 0 Å². The van der Waals surface area contributed by atoms with E-state index in [9.17, 15) is 4.21 Å². The molecule has 0 heterocycles. The van der Waals surface area contributed by atoms with Crippen molar-refractivity contribution < 1.29 is 12.9 Å². The zero-order chi connectivity index (χ0) is 16.0. The lowest BCUT2D eigenvalue weighted by molar-refractivity contribution is 0.457. The first-order valence-electron chi connectivity index (χ1n) is 8.60. The number of aryl methyl sites for hydroxylation is 1. The molecule has 0 radical (unpaired) electrons. The Morgan fingerprint density at radius 2 is 1.55 bits per heavy atom. The molecule has 0 fully saturated rings. The van der Waals surface area contributed by atoms with Gasteiger partial charge in [-0.2, -0.15) is 4.21 Å². The third-order valence-corrected chi connectivity index (χ3v) is 4.22. The van der Waals surface area contributed by atoms with E-state index >= 15 is 0 Å². The second kappa shape index (κ2) is 12.7. The maximum Gasteiger partial charge on any atom is 0.357 e. The molecule has 1 unspecified atom stereocenters. The first-order valence-corrected chi connectivity index (χ1v) is 9.63. The lowest BCUT2D eigenvalue weighted by atomic mass is 10.0. The molecule has 0 aromatic heterocycles. The Kier molecular flexibility index (Phi) is 11.0. The first-order chi connectivity index (χ1) is 10.7. The number of benzene rings is 1. The molecule has 126 valence electrons. The van der Waals surface area contributed by atoms with Crippen molar-refractivity contribution in [2.45, 2.75) is 77.6 Å². The fraction of sp³-hybridized carbons (Fsp3) is 0.667. The summed E-state index contributed by atoms with van der Waals surface area (Å²) in [6.45, 7) is 2.25. The Morgan fingerprint density at radius 3 is 2.14 bits per heavy atom. The summed E-state index contributed by atoms with van der Waals surface area (Å²) < 4.78 is 24.1. The van der Waals surface area contributed by atoms with Crippen LogP contribution in [0.1, 0.15) is 76.7 Å². The van der Waals surface area contributed by atoms with E-state index in [1.54, 1.807) is 6.07 Å². The predicted molar refractivity (Wildman–Crippen MR) is 93.4 cm³/mol. The Morgan fingerprint density at radius 1 is 0.955 bits per heavy atom. The molecule has 0 aliphatic carbocycles. The molecule has 1 aromatic carbocycles. The van der Waals surface area contributed by atoms with Gasteiger partial charge in [-0.05, 0) is 30.5 Å². The van der Waals surface area contributed by atoms with E-state index in [-0.39, 0.29) is 0 Å². The maximum atomic E-state index is 10.6. The molecule has 0 aliphatic rings. The monoisotopic (exact) mass is 326 g/mol. The van der Waals surface area contributed by atoms with Gasteiger partial charge in [0.1, 0.15) is 5.75 Å². The smallest absolute Gasteiger partial charge is 0.357 e. The minimum Gasteiger partial charge on any atom is -0.380 e. The molecule has 0 saturated carbocycles. The minimum atomic E-state index is -2.24. The fourth-order valence-electron chi connectivity index (χ4n) is 2.65. The van der Waals surface area contributed by atoms with Gasteiger partial charge in [0.25, 0.3) is 0 Å². The summed E-state index contributed by atoms with van der Waals surface area (Å²) in [5.41, 5.74) is 1.17. The molecular weight excluding hydrogens is 296 g/mol. The van der Waals surface area contributed by atoms with Crippen molar-refractivity contribution in [1.82, 2.24) is 0 Å². The van der Waals surface area contributed by atoms with Crippen molar-refractivity contribution in [2.75, 3.05) is 0 Å². The summed E-state index contributed by atoms with van der Waals surface area (Å²) in [6.07, 6.45) is 14.3. The van der Waals surface area contributed by atoms with Gasteiger partial charge in [0.05, 0.1) is 0 Å². The van der Waals surface area contributed by atoms with E-state index in [0.29, 0.717) is 5.75 Å². The van der Waals surface area contributed by atoms with Crippen molar-refractivity contribution in [3.63, 3.8) is 0 Å². The minimum absolute atomic E-state index is 0.463. The molecule has 0 saturated heterocycles. The van der Waals surface area contributed by atoms with Gasteiger partial charge < -0.3 is 4.18 Å². The van der Waals surface area contributed by atoms with Gasteiger partial charge in [-0.15, -0.1) is 0 Å². The molecule has 0 spiro atoms. The van der Waals surface area contributed by atoms with Gasteiger partial charge in [0, 0.05) is 0 Å². The molecular formula is C18H30O3S. The maximum absolute atomic E-state index is 10.6. The Balaban J connectivity index is 2.03. The van der Waals surface area contributed by atoms with Crippen LogP contribution >= 0.6 is 0 Å². The zero-order valence-corrected chi connectivity index (χ0v) is 14.6. The average Bonchev–Trinajstić information content (AvgIpc) is 2.49. The standard InChI is InChI=1S/C18H30O3S/c1-2-3-4-5-6-7-8-9-10-11-13-17-14-12-15-18(16-17)21-22(19)20/h12,14-16H,2-11,13H2,1H3,(H,19,20). The number of unbranched alkanes of at least 4 members (excludes halogenated alkanes) is 9. The van der Waals surface area contributed by atoms with Gasteiger partial charge in [0.15, 0.2) is 0 Å². The number of hydrogen-bond donors (Lipinski definition) is 1. The van der Waals surface area contributed by atoms with Crippen LogP contribution in [0.15, 0.2) is 24.3 Å². The largest absolute Gasteiger partial charge is 0.380 e. The van der Waals surface area contributed by atoms with E-state index in [0.717, 1.165) is 6.42 Å². The molecule has 1 N–H and O–H groups in total. The second-order valence-electron chi connectivity index (χ2n) is 5.88. The third kappa shape index (κ3) is 9.96. The zero-order valence-electron chi connectivity index (χ0n) is 13.8.